The average molecular weight is 258 g/mol. The number of amides is 1. The van der Waals surface area contributed by atoms with Gasteiger partial charge < -0.3 is 5.73 Å². The van der Waals surface area contributed by atoms with Crippen LogP contribution in [0, 0.1) is 5.82 Å². The van der Waals surface area contributed by atoms with Gasteiger partial charge in [0.2, 0.25) is 0 Å². The van der Waals surface area contributed by atoms with Gasteiger partial charge in [0.05, 0.1) is 11.3 Å². The number of pyridine rings is 1. The van der Waals surface area contributed by atoms with Gasteiger partial charge in [0.1, 0.15) is 5.82 Å². The van der Waals surface area contributed by atoms with E-state index in [-0.39, 0.29) is 11.5 Å². The van der Waals surface area contributed by atoms with Crippen molar-refractivity contribution in [2.45, 2.75) is 19.8 Å². The Morgan fingerprint density at radius 1 is 1.32 bits per heavy atom. The van der Waals surface area contributed by atoms with E-state index in [9.17, 15) is 9.18 Å². The van der Waals surface area contributed by atoms with Crippen molar-refractivity contribution >= 4 is 5.91 Å². The molecule has 0 atom stereocenters. The number of nitrogens with zero attached hydrogens (tertiary/aromatic N) is 1. The van der Waals surface area contributed by atoms with Gasteiger partial charge in [0.25, 0.3) is 5.91 Å². The number of carbonyl (C=O) groups excluding carboxylic acids is 1. The van der Waals surface area contributed by atoms with Gasteiger partial charge in [0.15, 0.2) is 0 Å². The number of benzene rings is 1. The Kier molecular flexibility index (Phi) is 3.60. The summed E-state index contributed by atoms with van der Waals surface area (Å²) >= 11 is 0. The molecule has 0 aliphatic heterocycles. The molecule has 2 rings (SSSR count). The number of hydrogen-bond donors (Lipinski definition) is 1. The molecule has 2 N–H and O–H groups in total. The van der Waals surface area contributed by atoms with Gasteiger partial charge in [0, 0.05) is 11.8 Å². The van der Waals surface area contributed by atoms with Crippen LogP contribution in [0.2, 0.25) is 0 Å². The third-order valence-corrected chi connectivity index (χ3v) is 2.93. The average Bonchev–Trinajstić information content (AvgIpc) is 2.39. The Balaban J connectivity index is 2.60. The predicted octanol–water partition coefficient (Wildman–Crippen LogP) is 3.11. The van der Waals surface area contributed by atoms with E-state index in [1.807, 2.05) is 26.0 Å². The van der Waals surface area contributed by atoms with Crippen LogP contribution in [0.5, 0.6) is 0 Å². The highest BCUT2D eigenvalue weighted by molar-refractivity contribution is 5.94. The van der Waals surface area contributed by atoms with Gasteiger partial charge in [-0.25, -0.2) is 4.39 Å². The molecule has 19 heavy (non-hydrogen) atoms. The van der Waals surface area contributed by atoms with Crippen molar-refractivity contribution in [2.75, 3.05) is 0 Å². The normalized spacial score (nSPS) is 10.7. The maximum Gasteiger partial charge on any atom is 0.251 e. The van der Waals surface area contributed by atoms with Crippen molar-refractivity contribution in [1.29, 1.82) is 0 Å². The molecule has 3 nitrogen and oxygen atoms in total. The van der Waals surface area contributed by atoms with E-state index in [1.54, 1.807) is 12.3 Å². The van der Waals surface area contributed by atoms with Crippen LogP contribution in [0.3, 0.4) is 0 Å². The lowest BCUT2D eigenvalue weighted by molar-refractivity contribution is 0.0996. The smallest absolute Gasteiger partial charge is 0.251 e. The topological polar surface area (TPSA) is 56.0 Å². The molecule has 0 bridgehead atoms. The van der Waals surface area contributed by atoms with Gasteiger partial charge >= 0.3 is 0 Å². The molecule has 0 saturated carbocycles. The Bertz CT molecular complexity index is 623. The number of aromatic nitrogens is 1. The quantitative estimate of drug-likeness (QED) is 0.919. The number of carbonyl (C=O) groups is 1. The Morgan fingerprint density at radius 2 is 2.05 bits per heavy atom. The summed E-state index contributed by atoms with van der Waals surface area (Å²) in [5.41, 5.74) is 7.60. The lowest BCUT2D eigenvalue weighted by Gasteiger charge is -2.12. The molecule has 1 heterocycles. The van der Waals surface area contributed by atoms with E-state index in [4.69, 9.17) is 5.73 Å². The molecule has 4 heteroatoms. The van der Waals surface area contributed by atoms with Crippen LogP contribution >= 0.6 is 0 Å². The molecule has 0 radical (unpaired) electrons. The van der Waals surface area contributed by atoms with Crippen LogP contribution < -0.4 is 5.73 Å². The van der Waals surface area contributed by atoms with Crippen molar-refractivity contribution in [2.24, 2.45) is 5.73 Å². The highest BCUT2D eigenvalue weighted by Crippen LogP contribution is 2.28. The highest BCUT2D eigenvalue weighted by Gasteiger charge is 2.13. The zero-order valence-electron chi connectivity index (χ0n) is 10.9. The summed E-state index contributed by atoms with van der Waals surface area (Å²) in [4.78, 5) is 15.5. The zero-order chi connectivity index (χ0) is 14.0. The molecular weight excluding hydrogens is 243 g/mol. The minimum absolute atomic E-state index is 0.101. The van der Waals surface area contributed by atoms with E-state index in [1.165, 1.54) is 12.1 Å². The Morgan fingerprint density at radius 3 is 2.68 bits per heavy atom. The summed E-state index contributed by atoms with van der Waals surface area (Å²) in [6.07, 6.45) is 1.72. The number of rotatable bonds is 3. The van der Waals surface area contributed by atoms with E-state index < -0.39 is 11.7 Å². The second kappa shape index (κ2) is 5.18. The fourth-order valence-corrected chi connectivity index (χ4v) is 2.00. The van der Waals surface area contributed by atoms with Crippen LogP contribution in [-0.4, -0.2) is 10.9 Å². The van der Waals surface area contributed by atoms with Crippen LogP contribution in [0.1, 0.15) is 35.8 Å². The Hall–Kier alpha value is -2.23. The lowest BCUT2D eigenvalue weighted by atomic mass is 9.96. The van der Waals surface area contributed by atoms with Crippen LogP contribution in [0.25, 0.3) is 11.1 Å². The predicted molar refractivity (Wildman–Crippen MR) is 72.2 cm³/mol. The molecule has 2 aromatic rings. The molecule has 0 spiro atoms. The van der Waals surface area contributed by atoms with Crippen molar-refractivity contribution in [3.05, 3.63) is 53.6 Å². The zero-order valence-corrected chi connectivity index (χ0v) is 10.9. The number of halogens is 1. The summed E-state index contributed by atoms with van der Waals surface area (Å²) in [5.74, 6) is -1.14. The van der Waals surface area contributed by atoms with Crippen molar-refractivity contribution in [1.82, 2.24) is 4.98 Å². The van der Waals surface area contributed by atoms with E-state index >= 15 is 0 Å². The molecule has 1 amide bonds. The van der Waals surface area contributed by atoms with Crippen molar-refractivity contribution in [3.8, 4) is 11.1 Å². The second-order valence-electron chi connectivity index (χ2n) is 4.65. The van der Waals surface area contributed by atoms with Gasteiger partial charge in [-0.05, 0) is 29.7 Å². The SMILES string of the molecule is CC(C)c1ncccc1-c1ccc(F)c(C(N)=O)c1. The molecule has 0 unspecified atom stereocenters. The monoisotopic (exact) mass is 258 g/mol. The van der Waals surface area contributed by atoms with E-state index in [2.05, 4.69) is 4.98 Å². The van der Waals surface area contributed by atoms with Crippen molar-refractivity contribution in [3.63, 3.8) is 0 Å². The van der Waals surface area contributed by atoms with Gasteiger partial charge in [-0.3, -0.25) is 9.78 Å². The molecule has 0 aliphatic carbocycles. The molecule has 1 aromatic carbocycles. The highest BCUT2D eigenvalue weighted by atomic mass is 19.1. The maximum atomic E-state index is 13.5. The third kappa shape index (κ3) is 2.62. The number of primary amides is 1. The molecule has 0 saturated heterocycles. The molecule has 1 aromatic heterocycles. The van der Waals surface area contributed by atoms with Crippen LogP contribution in [0.4, 0.5) is 4.39 Å². The summed E-state index contributed by atoms with van der Waals surface area (Å²) < 4.78 is 13.5. The molecule has 0 fully saturated rings. The van der Waals surface area contributed by atoms with Gasteiger partial charge in [-0.2, -0.15) is 0 Å². The fourth-order valence-electron chi connectivity index (χ4n) is 2.00. The van der Waals surface area contributed by atoms with Crippen LogP contribution in [-0.2, 0) is 0 Å². The molecule has 0 aliphatic rings. The Labute approximate surface area is 111 Å². The summed E-state index contributed by atoms with van der Waals surface area (Å²) in [5, 5.41) is 0. The molecular formula is C15H15FN2O. The first kappa shape index (κ1) is 13.2. The minimum atomic E-state index is -0.769. The lowest BCUT2D eigenvalue weighted by Crippen LogP contribution is -2.13. The van der Waals surface area contributed by atoms with Crippen molar-refractivity contribution < 1.29 is 9.18 Å². The fraction of sp³-hybridized carbons (Fsp3) is 0.200. The summed E-state index contributed by atoms with van der Waals surface area (Å²) in [7, 11) is 0. The standard InChI is InChI=1S/C15H15FN2O/c1-9(2)14-11(4-3-7-18-14)10-5-6-13(16)12(8-10)15(17)19/h3-9H,1-2H3,(H2,17,19). The first-order valence-corrected chi connectivity index (χ1v) is 6.05. The largest absolute Gasteiger partial charge is 0.366 e. The van der Waals surface area contributed by atoms with Crippen LogP contribution in [0.15, 0.2) is 36.5 Å². The molecule has 98 valence electrons. The second-order valence-corrected chi connectivity index (χ2v) is 4.65. The summed E-state index contributed by atoms with van der Waals surface area (Å²) in [6, 6.07) is 8.08. The minimum Gasteiger partial charge on any atom is -0.366 e. The van der Waals surface area contributed by atoms with Gasteiger partial charge in [-0.15, -0.1) is 0 Å². The van der Waals surface area contributed by atoms with E-state index in [0.717, 1.165) is 16.8 Å². The first-order chi connectivity index (χ1) is 9.00. The third-order valence-electron chi connectivity index (χ3n) is 2.93. The van der Waals surface area contributed by atoms with Gasteiger partial charge in [-0.1, -0.05) is 26.0 Å². The first-order valence-electron chi connectivity index (χ1n) is 6.05. The number of nitrogens with two attached hydrogens (primary N) is 1. The number of hydrogen-bond acceptors (Lipinski definition) is 2. The van der Waals surface area contributed by atoms with E-state index in [0.29, 0.717) is 0 Å². The maximum absolute atomic E-state index is 13.5. The summed E-state index contributed by atoms with van der Waals surface area (Å²) in [6.45, 7) is 4.06.